The Labute approximate surface area is 175 Å². The summed E-state index contributed by atoms with van der Waals surface area (Å²) >= 11 is 1.24. The highest BCUT2D eigenvalue weighted by Crippen LogP contribution is 2.33. The lowest BCUT2D eigenvalue weighted by Crippen LogP contribution is -2.37. The molecule has 0 spiro atoms. The quantitative estimate of drug-likeness (QED) is 0.515. The Bertz CT molecular complexity index is 821. The van der Waals surface area contributed by atoms with Gasteiger partial charge in [-0.3, -0.25) is 4.79 Å². The van der Waals surface area contributed by atoms with Crippen LogP contribution in [0.1, 0.15) is 45.6 Å². The van der Waals surface area contributed by atoms with E-state index in [1.54, 1.807) is 32.4 Å². The zero-order chi connectivity index (χ0) is 21.2. The minimum atomic E-state index is -0.241. The molecule has 0 aliphatic heterocycles. The molecule has 0 fully saturated rings. The van der Waals surface area contributed by atoms with Crippen molar-refractivity contribution in [2.45, 2.75) is 52.7 Å². The summed E-state index contributed by atoms with van der Waals surface area (Å²) in [6.45, 7) is 6.17. The first kappa shape index (κ1) is 22.6. The van der Waals surface area contributed by atoms with Crippen LogP contribution in [0.15, 0.2) is 24.4 Å². The molecule has 0 atom stereocenters. The van der Waals surface area contributed by atoms with Crippen molar-refractivity contribution in [3.8, 4) is 10.8 Å². The molecule has 3 N–H and O–H groups in total. The van der Waals surface area contributed by atoms with Crippen molar-refractivity contribution >= 4 is 34.1 Å². The van der Waals surface area contributed by atoms with Gasteiger partial charge in [0.15, 0.2) is 5.13 Å². The maximum atomic E-state index is 12.2. The number of ether oxygens (including phenoxy) is 2. The average molecular weight is 421 g/mol. The molecule has 2 rings (SSSR count). The van der Waals surface area contributed by atoms with E-state index < -0.39 is 0 Å². The third kappa shape index (κ3) is 7.03. The molecule has 2 aromatic rings. The summed E-state index contributed by atoms with van der Waals surface area (Å²) in [6, 6.07) is 5.25. The fourth-order valence-electron chi connectivity index (χ4n) is 2.55. The zero-order valence-electron chi connectivity index (χ0n) is 17.2. The van der Waals surface area contributed by atoms with Crippen molar-refractivity contribution in [3.05, 3.63) is 30.0 Å². The summed E-state index contributed by atoms with van der Waals surface area (Å²) in [7, 11) is 1.59. The summed E-state index contributed by atoms with van der Waals surface area (Å²) in [5.74, 6) is 0.489. The number of nitrogens with zero attached hydrogens (tertiary/aromatic N) is 1. The molecule has 0 unspecified atom stereocenters. The molecule has 1 aromatic heterocycles. The van der Waals surface area contributed by atoms with Crippen LogP contribution in [-0.2, 0) is 16.1 Å². The Morgan fingerprint density at radius 2 is 1.93 bits per heavy atom. The van der Waals surface area contributed by atoms with Crippen LogP contribution in [0.5, 0.6) is 10.8 Å². The van der Waals surface area contributed by atoms with E-state index in [1.807, 2.05) is 19.9 Å². The molecule has 8 nitrogen and oxygen atoms in total. The summed E-state index contributed by atoms with van der Waals surface area (Å²) in [6.07, 6.45) is 3.69. The lowest BCUT2D eigenvalue weighted by molar-refractivity contribution is -0.115. The topological polar surface area (TPSA) is 102 Å². The van der Waals surface area contributed by atoms with Gasteiger partial charge in [-0.05, 0) is 31.0 Å². The molecule has 1 aromatic carbocycles. The Morgan fingerprint density at radius 3 is 2.59 bits per heavy atom. The number of benzene rings is 1. The number of nitrogens with one attached hydrogen (secondary N) is 3. The highest BCUT2D eigenvalue weighted by atomic mass is 32.1. The molecule has 0 bridgehead atoms. The smallest absolute Gasteiger partial charge is 0.319 e. The van der Waals surface area contributed by atoms with Gasteiger partial charge in [-0.1, -0.05) is 32.1 Å². The van der Waals surface area contributed by atoms with Gasteiger partial charge in [0.25, 0.3) is 0 Å². The van der Waals surface area contributed by atoms with Crippen LogP contribution < -0.4 is 20.7 Å². The average Bonchev–Trinajstić information content (AvgIpc) is 3.14. The summed E-state index contributed by atoms with van der Waals surface area (Å²) in [4.78, 5) is 27.8. The minimum absolute atomic E-state index is 0.104. The summed E-state index contributed by atoms with van der Waals surface area (Å²) in [5.41, 5.74) is 1.42. The van der Waals surface area contributed by atoms with Gasteiger partial charge in [-0.15, -0.1) is 0 Å². The van der Waals surface area contributed by atoms with E-state index in [0.717, 1.165) is 18.4 Å². The van der Waals surface area contributed by atoms with Crippen molar-refractivity contribution in [2.75, 3.05) is 17.7 Å². The molecule has 29 heavy (non-hydrogen) atoms. The Morgan fingerprint density at radius 1 is 1.17 bits per heavy atom. The number of carbonyl (C=O) groups is 2. The standard InChI is InChI=1S/C20H28N4O4S/c1-5-14(6-2)22-19(26)23-15-8-9-16(13(10-15)12-27-4)28-18-11-21-20(29-18)24-17(25)7-3/h8-11,14H,5-7,12H2,1-4H3,(H,21,24,25)(H2,22,23,26). The van der Waals surface area contributed by atoms with E-state index >= 15 is 0 Å². The third-order valence-electron chi connectivity index (χ3n) is 4.20. The number of rotatable bonds is 10. The van der Waals surface area contributed by atoms with Crippen LogP contribution in [0, 0.1) is 0 Å². The molecule has 0 aliphatic rings. The highest BCUT2D eigenvalue weighted by molar-refractivity contribution is 7.17. The molecule has 0 saturated heterocycles. The molecule has 0 radical (unpaired) electrons. The van der Waals surface area contributed by atoms with Gasteiger partial charge in [-0.25, -0.2) is 9.78 Å². The Hall–Kier alpha value is -2.65. The number of carbonyl (C=O) groups excluding carboxylic acids is 2. The molecular formula is C20H28N4O4S. The fourth-order valence-corrected chi connectivity index (χ4v) is 3.25. The van der Waals surface area contributed by atoms with Crippen LogP contribution in [0.3, 0.4) is 0 Å². The Kier molecular flexibility index (Phi) is 8.88. The number of amides is 3. The molecular weight excluding hydrogens is 392 g/mol. The first-order valence-electron chi connectivity index (χ1n) is 9.61. The predicted octanol–water partition coefficient (Wildman–Crippen LogP) is 4.74. The fraction of sp³-hybridized carbons (Fsp3) is 0.450. The SMILES string of the molecule is CCC(=O)Nc1ncc(Oc2ccc(NC(=O)NC(CC)CC)cc2COC)s1. The highest BCUT2D eigenvalue weighted by Gasteiger charge is 2.13. The number of thiazole rings is 1. The van der Waals surface area contributed by atoms with Crippen LogP contribution in [0.2, 0.25) is 0 Å². The first-order valence-corrected chi connectivity index (χ1v) is 10.4. The van der Waals surface area contributed by atoms with Crippen molar-refractivity contribution < 1.29 is 19.1 Å². The molecule has 158 valence electrons. The monoisotopic (exact) mass is 420 g/mol. The molecule has 0 aliphatic carbocycles. The second kappa shape index (κ2) is 11.4. The number of hydrogen-bond acceptors (Lipinski definition) is 6. The lowest BCUT2D eigenvalue weighted by Gasteiger charge is -2.16. The van der Waals surface area contributed by atoms with Crippen LogP contribution >= 0.6 is 11.3 Å². The van der Waals surface area contributed by atoms with E-state index in [1.165, 1.54) is 11.3 Å². The number of aromatic nitrogens is 1. The molecule has 1 heterocycles. The van der Waals surface area contributed by atoms with E-state index in [0.29, 0.717) is 34.7 Å². The first-order chi connectivity index (χ1) is 14.0. The van der Waals surface area contributed by atoms with E-state index in [2.05, 4.69) is 20.9 Å². The van der Waals surface area contributed by atoms with Gasteiger partial charge in [0.1, 0.15) is 5.75 Å². The second-order valence-electron chi connectivity index (χ2n) is 6.36. The van der Waals surface area contributed by atoms with Crippen LogP contribution in [-0.4, -0.2) is 30.1 Å². The van der Waals surface area contributed by atoms with Gasteiger partial charge in [0, 0.05) is 30.8 Å². The lowest BCUT2D eigenvalue weighted by atomic mass is 10.1. The van der Waals surface area contributed by atoms with Crippen LogP contribution in [0.4, 0.5) is 15.6 Å². The van der Waals surface area contributed by atoms with Gasteiger partial charge >= 0.3 is 6.03 Å². The van der Waals surface area contributed by atoms with Gasteiger partial charge in [0.05, 0.1) is 12.8 Å². The Balaban J connectivity index is 2.09. The van der Waals surface area contributed by atoms with Crippen LogP contribution in [0.25, 0.3) is 0 Å². The van der Waals surface area contributed by atoms with Gasteiger partial charge in [-0.2, -0.15) is 0 Å². The second-order valence-corrected chi connectivity index (χ2v) is 7.35. The van der Waals surface area contributed by atoms with Crippen molar-refractivity contribution in [3.63, 3.8) is 0 Å². The minimum Gasteiger partial charge on any atom is -0.445 e. The zero-order valence-corrected chi connectivity index (χ0v) is 18.0. The predicted molar refractivity (Wildman–Crippen MR) is 115 cm³/mol. The van der Waals surface area contributed by atoms with Gasteiger partial charge in [0.2, 0.25) is 11.0 Å². The molecule has 9 heteroatoms. The van der Waals surface area contributed by atoms with Gasteiger partial charge < -0.3 is 25.4 Å². The number of urea groups is 1. The molecule has 0 saturated carbocycles. The number of hydrogen-bond donors (Lipinski definition) is 3. The van der Waals surface area contributed by atoms with Crippen molar-refractivity contribution in [1.82, 2.24) is 10.3 Å². The molecule has 3 amide bonds. The normalized spacial score (nSPS) is 10.7. The summed E-state index contributed by atoms with van der Waals surface area (Å²) < 4.78 is 11.2. The number of anilines is 2. The van der Waals surface area contributed by atoms with E-state index in [-0.39, 0.29) is 18.0 Å². The largest absolute Gasteiger partial charge is 0.445 e. The third-order valence-corrected chi connectivity index (χ3v) is 4.99. The van der Waals surface area contributed by atoms with Crippen molar-refractivity contribution in [1.29, 1.82) is 0 Å². The van der Waals surface area contributed by atoms with E-state index in [4.69, 9.17) is 9.47 Å². The van der Waals surface area contributed by atoms with E-state index in [9.17, 15) is 9.59 Å². The maximum absolute atomic E-state index is 12.2. The van der Waals surface area contributed by atoms with Crippen molar-refractivity contribution in [2.24, 2.45) is 0 Å². The summed E-state index contributed by atoms with van der Waals surface area (Å²) in [5, 5.41) is 9.51. The number of methoxy groups -OCH3 is 1. The maximum Gasteiger partial charge on any atom is 0.319 e.